The van der Waals surface area contributed by atoms with Gasteiger partial charge in [-0.25, -0.2) is 33.3 Å². The molecular weight excluding hydrogens is 618 g/mol. The Morgan fingerprint density at radius 2 is 1.87 bits per heavy atom. The van der Waals surface area contributed by atoms with Crippen molar-refractivity contribution in [2.45, 2.75) is 64.2 Å². The Balaban J connectivity index is 0.969. The molecule has 1 aliphatic carbocycles. The van der Waals surface area contributed by atoms with Gasteiger partial charge in [-0.05, 0) is 50.7 Å². The molecule has 1 unspecified atom stereocenters. The number of nitrogens with zero attached hydrogens (tertiary/aromatic N) is 6. The number of hydrogen-bond donors (Lipinski definition) is 2. The summed E-state index contributed by atoms with van der Waals surface area (Å²) in [5.41, 5.74) is -0.731. The van der Waals surface area contributed by atoms with E-state index >= 15 is 8.78 Å². The Morgan fingerprint density at radius 3 is 2.60 bits per heavy atom. The number of rotatable bonds is 5. The number of likely N-dealkylation sites (tertiary alicyclic amines) is 1. The number of H-pyrrole nitrogens is 1. The first kappa shape index (κ1) is 31.0. The third kappa shape index (κ3) is 5.90. The van der Waals surface area contributed by atoms with Crippen molar-refractivity contribution in [3.63, 3.8) is 0 Å². The van der Waals surface area contributed by atoms with E-state index < -0.39 is 35.0 Å². The van der Waals surface area contributed by atoms with Gasteiger partial charge >= 0.3 is 12.2 Å². The number of ether oxygens (including phenoxy) is 3. The monoisotopic (exact) mass is 654 g/mol. The highest BCUT2D eigenvalue weighted by molar-refractivity contribution is 5.95. The molecule has 3 aliphatic heterocycles. The number of aromatic amines is 1. The van der Waals surface area contributed by atoms with Gasteiger partial charge in [-0.2, -0.15) is 0 Å². The predicted octanol–water partition coefficient (Wildman–Crippen LogP) is 3.54. The van der Waals surface area contributed by atoms with E-state index in [0.717, 1.165) is 0 Å². The van der Waals surface area contributed by atoms with Crippen LogP contribution in [0.4, 0.5) is 30.0 Å². The number of imidazole rings is 1. The number of aromatic nitrogens is 4. The molecule has 0 saturated carbocycles. The number of carbonyl (C=O) groups is 3. The zero-order valence-electron chi connectivity index (χ0n) is 26.6. The molecular formula is C31H36F2N8O6. The fourth-order valence-corrected chi connectivity index (χ4v) is 6.76. The Hall–Kier alpha value is -4.60. The average molecular weight is 655 g/mol. The van der Waals surface area contributed by atoms with Crippen LogP contribution in [0.15, 0.2) is 6.20 Å². The van der Waals surface area contributed by atoms with Crippen LogP contribution in [0, 0.1) is 17.6 Å². The smallest absolute Gasteiger partial charge is 0.416 e. The van der Waals surface area contributed by atoms with Gasteiger partial charge < -0.3 is 34.3 Å². The topological polar surface area (TPSA) is 155 Å². The van der Waals surface area contributed by atoms with Gasteiger partial charge in [0.05, 0.1) is 19.3 Å². The summed E-state index contributed by atoms with van der Waals surface area (Å²) in [5, 5.41) is 2.60. The maximum absolute atomic E-state index is 15.7. The largest absolute Gasteiger partial charge is 0.465 e. The molecule has 250 valence electrons. The lowest BCUT2D eigenvalue weighted by atomic mass is 9.90. The minimum absolute atomic E-state index is 0.000490. The zero-order valence-corrected chi connectivity index (χ0v) is 26.6. The van der Waals surface area contributed by atoms with Crippen molar-refractivity contribution < 1.29 is 37.4 Å². The van der Waals surface area contributed by atoms with Gasteiger partial charge in [0.15, 0.2) is 29.9 Å². The van der Waals surface area contributed by atoms with Gasteiger partial charge in [0.2, 0.25) is 0 Å². The van der Waals surface area contributed by atoms with Crippen molar-refractivity contribution in [1.82, 2.24) is 29.7 Å². The lowest BCUT2D eigenvalue weighted by Crippen LogP contribution is -2.48. The summed E-state index contributed by atoms with van der Waals surface area (Å²) in [4.78, 5) is 57.6. The van der Waals surface area contributed by atoms with E-state index in [9.17, 15) is 14.4 Å². The number of benzene rings is 1. The molecule has 1 spiro atoms. The second-order valence-corrected chi connectivity index (χ2v) is 13.8. The first-order valence-electron chi connectivity index (χ1n) is 15.6. The second kappa shape index (κ2) is 11.3. The number of nitrogens with one attached hydrogen (secondary N) is 2. The molecule has 2 saturated heterocycles. The molecule has 3 aromatic rings. The van der Waals surface area contributed by atoms with Crippen LogP contribution in [-0.4, -0.2) is 98.9 Å². The molecule has 0 radical (unpaired) electrons. The second-order valence-electron chi connectivity index (χ2n) is 13.8. The summed E-state index contributed by atoms with van der Waals surface area (Å²) >= 11 is 0. The number of amides is 3. The fourth-order valence-electron chi connectivity index (χ4n) is 6.76. The molecule has 5 heterocycles. The van der Waals surface area contributed by atoms with Gasteiger partial charge in [0.1, 0.15) is 28.1 Å². The summed E-state index contributed by atoms with van der Waals surface area (Å²) in [6, 6.07) is 0. The number of piperidine rings is 1. The maximum atomic E-state index is 15.7. The van der Waals surface area contributed by atoms with Crippen LogP contribution in [0.25, 0.3) is 11.0 Å². The molecule has 14 nitrogen and oxygen atoms in total. The van der Waals surface area contributed by atoms with Crippen molar-refractivity contribution >= 4 is 40.8 Å². The highest BCUT2D eigenvalue weighted by Crippen LogP contribution is 2.39. The van der Waals surface area contributed by atoms with Crippen LogP contribution < -0.4 is 15.0 Å². The Morgan fingerprint density at radius 1 is 1.15 bits per heavy atom. The van der Waals surface area contributed by atoms with Gasteiger partial charge in [-0.3, -0.25) is 9.69 Å². The van der Waals surface area contributed by atoms with Gasteiger partial charge in [0, 0.05) is 39.5 Å². The molecule has 1 atom stereocenters. The minimum Gasteiger partial charge on any atom is -0.465 e. The maximum Gasteiger partial charge on any atom is 0.416 e. The molecule has 2 N–H and O–H groups in total. The molecule has 0 bridgehead atoms. The first-order valence-corrected chi connectivity index (χ1v) is 15.6. The van der Waals surface area contributed by atoms with Crippen LogP contribution in [0.5, 0.6) is 5.88 Å². The number of anilines is 2. The summed E-state index contributed by atoms with van der Waals surface area (Å²) < 4.78 is 47.9. The molecule has 3 amide bonds. The van der Waals surface area contributed by atoms with E-state index in [2.05, 4.69) is 30.2 Å². The summed E-state index contributed by atoms with van der Waals surface area (Å²) in [5.74, 6) is -0.503. The summed E-state index contributed by atoms with van der Waals surface area (Å²) in [7, 11) is 1.54. The number of carbonyl (C=O) groups excluding carboxylic acids is 3. The third-order valence-electron chi connectivity index (χ3n) is 9.01. The van der Waals surface area contributed by atoms with E-state index in [-0.39, 0.29) is 59.4 Å². The highest BCUT2D eigenvalue weighted by Gasteiger charge is 2.48. The van der Waals surface area contributed by atoms with Crippen LogP contribution >= 0.6 is 0 Å². The molecule has 2 aromatic heterocycles. The van der Waals surface area contributed by atoms with Crippen LogP contribution in [0.2, 0.25) is 0 Å². The molecule has 1 aromatic carbocycles. The Bertz CT molecular complexity index is 1730. The van der Waals surface area contributed by atoms with Crippen LogP contribution in [0.1, 0.15) is 50.6 Å². The summed E-state index contributed by atoms with van der Waals surface area (Å²) in [6.45, 7) is 7.37. The van der Waals surface area contributed by atoms with Gasteiger partial charge in [0.25, 0.3) is 11.8 Å². The van der Waals surface area contributed by atoms with Gasteiger partial charge in [-0.15, -0.1) is 0 Å². The quantitative estimate of drug-likeness (QED) is 0.418. The lowest BCUT2D eigenvalue weighted by molar-refractivity contribution is -0.118. The highest BCUT2D eigenvalue weighted by atomic mass is 19.1. The molecule has 47 heavy (non-hydrogen) atoms. The zero-order chi connectivity index (χ0) is 33.2. The summed E-state index contributed by atoms with van der Waals surface area (Å²) in [6.07, 6.45) is 2.27. The van der Waals surface area contributed by atoms with Crippen molar-refractivity contribution in [3.8, 4) is 5.88 Å². The average Bonchev–Trinajstić information content (AvgIpc) is 3.72. The Kier molecular flexibility index (Phi) is 7.44. The van der Waals surface area contributed by atoms with Crippen molar-refractivity contribution in [2.75, 3.05) is 50.1 Å². The van der Waals surface area contributed by atoms with Crippen molar-refractivity contribution in [2.24, 2.45) is 5.92 Å². The standard InChI is InChI=1S/C31H36F2N8O6/c1-30(2,3)46-28(43)39(4)13-19-35-24-22(32)17-9-16(10-18(17)23(33)25(24)36-19)12-40-7-5-31(6-8-40)15-41(29(44)47-31)20-11-34-27-26(37-20)38-21(42)14-45-27/h11,16H,5-10,12-15H2,1-4H3,(H,35,36)(H,37,38,42). The van der Waals surface area contributed by atoms with Crippen LogP contribution in [0.3, 0.4) is 0 Å². The SMILES string of the molecule is CN(Cc1nc2c(F)c3c(c(F)c2[nH]1)CC(CN1CCC2(CC1)CN(c1cnc4c(n1)NC(=O)CO4)C(=O)O2)C3)C(=O)OC(C)(C)C. The number of hydrogen-bond acceptors (Lipinski definition) is 10. The normalized spacial score (nSPS) is 19.4. The van der Waals surface area contributed by atoms with E-state index in [0.29, 0.717) is 63.0 Å². The predicted molar refractivity (Wildman–Crippen MR) is 163 cm³/mol. The number of halogens is 2. The lowest BCUT2D eigenvalue weighted by Gasteiger charge is -2.38. The molecule has 2 fully saturated rings. The minimum atomic E-state index is -0.693. The Labute approximate surface area is 268 Å². The molecule has 4 aliphatic rings. The van der Waals surface area contributed by atoms with Crippen LogP contribution in [-0.2, 0) is 33.7 Å². The van der Waals surface area contributed by atoms with E-state index in [1.807, 2.05) is 0 Å². The fraction of sp³-hybridized carbons (Fsp3) is 0.548. The van der Waals surface area contributed by atoms with E-state index in [1.54, 1.807) is 20.8 Å². The van der Waals surface area contributed by atoms with E-state index in [4.69, 9.17) is 14.2 Å². The van der Waals surface area contributed by atoms with E-state index in [1.165, 1.54) is 23.0 Å². The molecule has 7 rings (SSSR count). The molecule has 16 heteroatoms. The van der Waals surface area contributed by atoms with Crippen molar-refractivity contribution in [1.29, 1.82) is 0 Å². The number of fused-ring (bicyclic) bond motifs is 3. The first-order chi connectivity index (χ1) is 22.3. The van der Waals surface area contributed by atoms with Gasteiger partial charge in [-0.1, -0.05) is 0 Å². The third-order valence-corrected chi connectivity index (χ3v) is 9.01. The van der Waals surface area contributed by atoms with Crippen molar-refractivity contribution in [3.05, 3.63) is 34.8 Å².